The minimum atomic E-state index is -0.488. The van der Waals surface area contributed by atoms with Crippen LogP contribution in [0.5, 0.6) is 23.0 Å². The summed E-state index contributed by atoms with van der Waals surface area (Å²) in [5.41, 5.74) is 8.76. The fraction of sp³-hybridized carbons (Fsp3) is 0.130. The van der Waals surface area contributed by atoms with Gasteiger partial charge in [-0.1, -0.05) is 88.7 Å². The van der Waals surface area contributed by atoms with Crippen LogP contribution in [0.3, 0.4) is 0 Å². The van der Waals surface area contributed by atoms with Crippen LogP contribution in [0.15, 0.2) is 148 Å². The van der Waals surface area contributed by atoms with Crippen molar-refractivity contribution in [1.29, 1.82) is 0 Å². The van der Waals surface area contributed by atoms with Crippen molar-refractivity contribution in [1.82, 2.24) is 0 Å². The molecule has 276 valence electrons. The van der Waals surface area contributed by atoms with Gasteiger partial charge in [0.2, 0.25) is 0 Å². The normalized spacial score (nSPS) is 11.2. The number of rotatable bonds is 14. The van der Waals surface area contributed by atoms with Gasteiger partial charge in [0.1, 0.15) is 23.0 Å². The highest BCUT2D eigenvalue weighted by molar-refractivity contribution is 5.92. The summed E-state index contributed by atoms with van der Waals surface area (Å²) in [4.78, 5) is 45.1. The van der Waals surface area contributed by atoms with Crippen LogP contribution < -0.4 is 18.9 Å². The molecule has 4 aromatic rings. The number of carbonyl (C=O) groups is 4. The number of ether oxygens (including phenoxy) is 4. The minimum Gasteiger partial charge on any atom is -0.423 e. The van der Waals surface area contributed by atoms with Crippen molar-refractivity contribution in [2.24, 2.45) is 0 Å². The Balaban J connectivity index is 0.000000291. The summed E-state index contributed by atoms with van der Waals surface area (Å²) in [6.07, 6.45) is 6.22. The Morgan fingerprint density at radius 3 is 0.796 bits per heavy atom. The highest BCUT2D eigenvalue weighted by Crippen LogP contribution is 2.33. The first-order chi connectivity index (χ1) is 26.0. The molecule has 0 saturated heterocycles. The van der Waals surface area contributed by atoms with Crippen molar-refractivity contribution < 1.29 is 38.1 Å². The average molecular weight is 725 g/mol. The molecule has 0 fully saturated rings. The SMILES string of the molecule is C=CC(=O)Oc1ccc(C(C)=C(C)c2ccc(OC(=O)C=C)cc2)cc1.C=CC(=O)Oc1ccc(C(CC)=C(CC)c2ccc(OC(=O)C=C)cc2)cc1. The monoisotopic (exact) mass is 724 g/mol. The van der Waals surface area contributed by atoms with Gasteiger partial charge >= 0.3 is 23.9 Å². The first-order valence-electron chi connectivity index (χ1n) is 17.1. The van der Waals surface area contributed by atoms with Crippen LogP contribution >= 0.6 is 0 Å². The van der Waals surface area contributed by atoms with Gasteiger partial charge in [0.05, 0.1) is 0 Å². The molecule has 8 heteroatoms. The Hall–Kier alpha value is -6.80. The third-order valence-corrected chi connectivity index (χ3v) is 8.15. The molecule has 0 heterocycles. The Kier molecular flexibility index (Phi) is 16.1. The van der Waals surface area contributed by atoms with E-state index in [9.17, 15) is 19.2 Å². The van der Waals surface area contributed by atoms with Gasteiger partial charge in [-0.3, -0.25) is 0 Å². The number of allylic oxidation sites excluding steroid dienone is 4. The molecular weight excluding hydrogens is 680 g/mol. The van der Waals surface area contributed by atoms with Crippen LogP contribution in [0.2, 0.25) is 0 Å². The minimum absolute atomic E-state index is 0.470. The van der Waals surface area contributed by atoms with Crippen molar-refractivity contribution in [3.8, 4) is 23.0 Å². The number of hydrogen-bond donors (Lipinski definition) is 0. The molecule has 0 bridgehead atoms. The van der Waals surface area contributed by atoms with Gasteiger partial charge in [0.15, 0.2) is 0 Å². The smallest absolute Gasteiger partial charge is 0.335 e. The first kappa shape index (κ1) is 41.6. The largest absolute Gasteiger partial charge is 0.423 e. The molecule has 0 aliphatic rings. The quantitative estimate of drug-likeness (QED) is 0.0548. The van der Waals surface area contributed by atoms with E-state index >= 15 is 0 Å². The van der Waals surface area contributed by atoms with E-state index in [2.05, 4.69) is 40.2 Å². The predicted molar refractivity (Wildman–Crippen MR) is 215 cm³/mol. The summed E-state index contributed by atoms with van der Waals surface area (Å²) in [5, 5.41) is 0. The van der Waals surface area contributed by atoms with E-state index in [1.54, 1.807) is 48.5 Å². The number of hydrogen-bond acceptors (Lipinski definition) is 8. The molecule has 0 unspecified atom stereocenters. The number of benzene rings is 4. The molecule has 54 heavy (non-hydrogen) atoms. The molecule has 0 saturated carbocycles. The molecule has 0 radical (unpaired) electrons. The van der Waals surface area contributed by atoms with Gasteiger partial charge in [-0.15, -0.1) is 0 Å². The lowest BCUT2D eigenvalue weighted by Gasteiger charge is -2.15. The summed E-state index contributed by atoms with van der Waals surface area (Å²) < 4.78 is 20.4. The molecule has 4 rings (SSSR count). The standard InChI is InChI=1S/C24H24O4.C22H20O4/c1-5-21(17-9-13-19(14-10-17)27-23(25)7-3)22(6-2)18-11-15-20(16-12-18)28-24(26)8-4;1-5-21(23)25-19-11-7-17(8-12-19)15(3)16(4)18-9-13-20(14-10-18)26-22(24)6-2/h7-16H,3-6H2,1-2H3;5-14H,1-2H2,3-4H3. The zero-order valence-electron chi connectivity index (χ0n) is 31.1. The second kappa shape index (κ2) is 20.9. The number of carbonyl (C=O) groups excluding carboxylic acids is 4. The van der Waals surface area contributed by atoms with Crippen LogP contribution in [0, 0.1) is 0 Å². The van der Waals surface area contributed by atoms with Crippen LogP contribution in [0.25, 0.3) is 22.3 Å². The summed E-state index contributed by atoms with van der Waals surface area (Å²) >= 11 is 0. The summed E-state index contributed by atoms with van der Waals surface area (Å²) in [5.74, 6) is -0.0334. The number of esters is 4. The molecule has 0 spiro atoms. The van der Waals surface area contributed by atoms with Gasteiger partial charge in [0, 0.05) is 24.3 Å². The highest BCUT2D eigenvalue weighted by Gasteiger charge is 2.11. The van der Waals surface area contributed by atoms with Gasteiger partial charge < -0.3 is 18.9 Å². The molecular formula is C46H44O8. The third-order valence-electron chi connectivity index (χ3n) is 8.15. The van der Waals surface area contributed by atoms with Gasteiger partial charge in [0.25, 0.3) is 0 Å². The Morgan fingerprint density at radius 2 is 0.611 bits per heavy atom. The second-order valence-corrected chi connectivity index (χ2v) is 11.5. The van der Waals surface area contributed by atoms with E-state index < -0.39 is 23.9 Å². The van der Waals surface area contributed by atoms with Crippen LogP contribution in [0.1, 0.15) is 62.8 Å². The lowest BCUT2D eigenvalue weighted by Crippen LogP contribution is -2.03. The van der Waals surface area contributed by atoms with Gasteiger partial charge in [-0.05, 0) is 120 Å². The van der Waals surface area contributed by atoms with Crippen molar-refractivity contribution in [2.75, 3.05) is 0 Å². The van der Waals surface area contributed by atoms with Crippen molar-refractivity contribution in [2.45, 2.75) is 40.5 Å². The molecule has 0 N–H and O–H groups in total. The molecule has 4 aromatic carbocycles. The van der Waals surface area contributed by atoms with E-state index in [0.29, 0.717) is 23.0 Å². The lowest BCUT2D eigenvalue weighted by molar-refractivity contribution is -0.129. The topological polar surface area (TPSA) is 105 Å². The maximum atomic E-state index is 11.3. The molecule has 0 atom stereocenters. The fourth-order valence-electron chi connectivity index (χ4n) is 5.24. The fourth-order valence-corrected chi connectivity index (χ4v) is 5.24. The molecule has 8 nitrogen and oxygen atoms in total. The van der Waals surface area contributed by atoms with E-state index in [1.807, 2.05) is 62.4 Å². The van der Waals surface area contributed by atoms with E-state index in [1.165, 1.54) is 11.1 Å². The molecule has 0 aromatic heterocycles. The first-order valence-corrected chi connectivity index (χ1v) is 17.1. The summed E-state index contributed by atoms with van der Waals surface area (Å²) in [6, 6.07) is 29.4. The lowest BCUT2D eigenvalue weighted by atomic mass is 9.91. The van der Waals surface area contributed by atoms with Gasteiger partial charge in [-0.2, -0.15) is 0 Å². The van der Waals surface area contributed by atoms with Crippen LogP contribution in [-0.4, -0.2) is 23.9 Å². The van der Waals surface area contributed by atoms with Crippen LogP contribution in [-0.2, 0) is 19.2 Å². The highest BCUT2D eigenvalue weighted by atomic mass is 16.5. The zero-order valence-corrected chi connectivity index (χ0v) is 31.1. The second-order valence-electron chi connectivity index (χ2n) is 11.5. The van der Waals surface area contributed by atoms with E-state index in [0.717, 1.165) is 70.5 Å². The third kappa shape index (κ3) is 12.2. The zero-order chi connectivity index (χ0) is 39.6. The van der Waals surface area contributed by atoms with Crippen molar-refractivity contribution in [3.05, 3.63) is 170 Å². The Labute approximate surface area is 317 Å². The summed E-state index contributed by atoms with van der Waals surface area (Å²) in [7, 11) is 0. The van der Waals surface area contributed by atoms with Crippen molar-refractivity contribution >= 4 is 46.2 Å². The molecule has 0 aliphatic carbocycles. The molecule has 0 aliphatic heterocycles. The maximum Gasteiger partial charge on any atom is 0.335 e. The van der Waals surface area contributed by atoms with Crippen molar-refractivity contribution in [3.63, 3.8) is 0 Å². The van der Waals surface area contributed by atoms with Gasteiger partial charge in [-0.25, -0.2) is 19.2 Å². The predicted octanol–water partition coefficient (Wildman–Crippen LogP) is 10.4. The molecule has 0 amide bonds. The van der Waals surface area contributed by atoms with E-state index in [-0.39, 0.29) is 0 Å². The summed E-state index contributed by atoms with van der Waals surface area (Å²) in [6.45, 7) is 21.8. The average Bonchev–Trinajstić information content (AvgIpc) is 3.20. The van der Waals surface area contributed by atoms with E-state index in [4.69, 9.17) is 18.9 Å². The maximum absolute atomic E-state index is 11.3. The van der Waals surface area contributed by atoms with Crippen LogP contribution in [0.4, 0.5) is 0 Å². The Bertz CT molecular complexity index is 1900. The Morgan fingerprint density at radius 1 is 0.407 bits per heavy atom.